The minimum atomic E-state index is -0.969. The number of fused-ring (bicyclic) bond motifs is 1. The van der Waals surface area contributed by atoms with E-state index in [9.17, 15) is 9.18 Å². The highest BCUT2D eigenvalue weighted by atomic mass is 19.1. The number of hydrogen-bond donors (Lipinski definition) is 1. The van der Waals surface area contributed by atoms with Gasteiger partial charge in [-0.1, -0.05) is 6.07 Å². The molecule has 3 nitrogen and oxygen atoms in total. The molecule has 0 bridgehead atoms. The van der Waals surface area contributed by atoms with E-state index < -0.39 is 11.4 Å². The zero-order valence-corrected chi connectivity index (χ0v) is 10.7. The zero-order valence-electron chi connectivity index (χ0n) is 10.7. The fraction of sp³-hybridized carbons (Fsp3) is 0.357. The second-order valence-electron chi connectivity index (χ2n) is 5.26. The number of aryl methyl sites for hydroxylation is 1. The molecule has 1 heterocycles. The molecule has 0 fully saturated rings. The maximum Gasteiger partial charge on any atom is 0.309 e. The standard InChI is InChI=1S/C14H16FNO2/c1-14(2,13(17)18)8-9-4-5-11-10(12(9)15)6-7-16(11)3/h4-7H,8H2,1-3H3,(H,17,18). The highest BCUT2D eigenvalue weighted by Crippen LogP contribution is 2.28. The van der Waals surface area contributed by atoms with Gasteiger partial charge in [-0.25, -0.2) is 4.39 Å². The Hall–Kier alpha value is -1.84. The van der Waals surface area contributed by atoms with Crippen LogP contribution in [0.1, 0.15) is 19.4 Å². The molecule has 0 unspecified atom stereocenters. The average Bonchev–Trinajstić information content (AvgIpc) is 2.65. The number of benzene rings is 1. The lowest BCUT2D eigenvalue weighted by Crippen LogP contribution is -2.26. The van der Waals surface area contributed by atoms with Crippen molar-refractivity contribution in [3.8, 4) is 0 Å². The molecule has 0 aliphatic rings. The van der Waals surface area contributed by atoms with Gasteiger partial charge < -0.3 is 9.67 Å². The first-order valence-electron chi connectivity index (χ1n) is 5.79. The quantitative estimate of drug-likeness (QED) is 0.908. The predicted molar refractivity (Wildman–Crippen MR) is 68.0 cm³/mol. The van der Waals surface area contributed by atoms with Gasteiger partial charge in [-0.05, 0) is 38.0 Å². The second-order valence-corrected chi connectivity index (χ2v) is 5.26. The first kappa shape index (κ1) is 12.6. The van der Waals surface area contributed by atoms with E-state index >= 15 is 0 Å². The van der Waals surface area contributed by atoms with Crippen LogP contribution in [-0.4, -0.2) is 15.6 Å². The van der Waals surface area contributed by atoms with Crippen LogP contribution in [0.5, 0.6) is 0 Å². The fourth-order valence-corrected chi connectivity index (χ4v) is 2.05. The SMILES string of the molecule is Cn1ccc2c(F)c(CC(C)(C)C(=O)O)ccc21. The Morgan fingerprint density at radius 1 is 1.39 bits per heavy atom. The van der Waals surface area contributed by atoms with Gasteiger partial charge in [-0.2, -0.15) is 0 Å². The van der Waals surface area contributed by atoms with Crippen molar-refractivity contribution >= 4 is 16.9 Å². The van der Waals surface area contributed by atoms with Crippen LogP contribution in [0.3, 0.4) is 0 Å². The van der Waals surface area contributed by atoms with Gasteiger partial charge in [0.05, 0.1) is 10.9 Å². The lowest BCUT2D eigenvalue weighted by atomic mass is 9.85. The smallest absolute Gasteiger partial charge is 0.309 e. The van der Waals surface area contributed by atoms with Gasteiger partial charge in [-0.3, -0.25) is 4.79 Å². The van der Waals surface area contributed by atoms with Gasteiger partial charge in [-0.15, -0.1) is 0 Å². The Bertz CT molecular complexity index is 614. The Morgan fingerprint density at radius 3 is 2.67 bits per heavy atom. The molecule has 1 N–H and O–H groups in total. The molecular weight excluding hydrogens is 233 g/mol. The van der Waals surface area contributed by atoms with E-state index in [2.05, 4.69) is 0 Å². The van der Waals surface area contributed by atoms with E-state index in [0.717, 1.165) is 5.52 Å². The second kappa shape index (κ2) is 4.12. The molecule has 0 saturated heterocycles. The number of aliphatic carboxylic acids is 1. The monoisotopic (exact) mass is 249 g/mol. The third-order valence-electron chi connectivity index (χ3n) is 3.29. The molecule has 0 amide bonds. The number of halogens is 1. The third kappa shape index (κ3) is 1.98. The summed E-state index contributed by atoms with van der Waals surface area (Å²) in [4.78, 5) is 11.1. The molecule has 1 aromatic heterocycles. The van der Waals surface area contributed by atoms with Crippen molar-refractivity contribution in [1.29, 1.82) is 0 Å². The number of hydrogen-bond acceptors (Lipinski definition) is 1. The van der Waals surface area contributed by atoms with Crippen LogP contribution in [0.15, 0.2) is 24.4 Å². The molecule has 18 heavy (non-hydrogen) atoms. The van der Waals surface area contributed by atoms with Crippen molar-refractivity contribution < 1.29 is 14.3 Å². The van der Waals surface area contributed by atoms with Crippen molar-refractivity contribution in [3.63, 3.8) is 0 Å². The van der Waals surface area contributed by atoms with E-state index in [1.54, 1.807) is 32.2 Å². The molecule has 0 aliphatic heterocycles. The molecule has 1 aromatic carbocycles. The lowest BCUT2D eigenvalue weighted by Gasteiger charge is -2.19. The van der Waals surface area contributed by atoms with Gasteiger partial charge in [0.25, 0.3) is 0 Å². The summed E-state index contributed by atoms with van der Waals surface area (Å²) < 4.78 is 16.1. The van der Waals surface area contributed by atoms with Crippen LogP contribution >= 0.6 is 0 Å². The predicted octanol–water partition coefficient (Wildman–Crippen LogP) is 2.97. The fourth-order valence-electron chi connectivity index (χ4n) is 2.05. The maximum absolute atomic E-state index is 14.3. The van der Waals surface area contributed by atoms with E-state index in [-0.39, 0.29) is 12.2 Å². The summed E-state index contributed by atoms with van der Waals surface area (Å²) in [5.74, 6) is -1.24. The first-order valence-corrected chi connectivity index (χ1v) is 5.79. The molecule has 2 rings (SSSR count). The average molecular weight is 249 g/mol. The zero-order chi connectivity index (χ0) is 13.5. The van der Waals surface area contributed by atoms with E-state index in [0.29, 0.717) is 10.9 Å². The van der Waals surface area contributed by atoms with Crippen LogP contribution in [0.4, 0.5) is 4.39 Å². The number of aromatic nitrogens is 1. The van der Waals surface area contributed by atoms with Crippen LogP contribution in [-0.2, 0) is 18.3 Å². The van der Waals surface area contributed by atoms with Crippen molar-refractivity contribution in [2.75, 3.05) is 0 Å². The number of carboxylic acids is 1. The summed E-state index contributed by atoms with van der Waals surface area (Å²) >= 11 is 0. The van der Waals surface area contributed by atoms with Gasteiger partial charge in [0.15, 0.2) is 0 Å². The van der Waals surface area contributed by atoms with E-state index in [1.165, 1.54) is 0 Å². The topological polar surface area (TPSA) is 42.2 Å². The van der Waals surface area contributed by atoms with Crippen LogP contribution < -0.4 is 0 Å². The molecule has 0 radical (unpaired) electrons. The Balaban J connectivity index is 2.47. The Kier molecular flexibility index (Phi) is 2.89. The summed E-state index contributed by atoms with van der Waals surface area (Å²) in [7, 11) is 1.85. The molecule has 4 heteroatoms. The largest absolute Gasteiger partial charge is 0.481 e. The summed E-state index contributed by atoms with van der Waals surface area (Å²) in [5.41, 5.74) is 0.286. The van der Waals surface area contributed by atoms with Gasteiger partial charge >= 0.3 is 5.97 Å². The number of carbonyl (C=O) groups is 1. The number of nitrogens with zero attached hydrogens (tertiary/aromatic N) is 1. The molecule has 96 valence electrons. The van der Waals surface area contributed by atoms with Crippen molar-refractivity contribution in [1.82, 2.24) is 4.57 Å². The highest BCUT2D eigenvalue weighted by Gasteiger charge is 2.28. The molecule has 0 saturated carbocycles. The summed E-state index contributed by atoms with van der Waals surface area (Å²) in [6, 6.07) is 5.20. The molecular formula is C14H16FNO2. The molecule has 0 spiro atoms. The first-order chi connectivity index (χ1) is 8.33. The molecule has 0 aliphatic carbocycles. The Labute approximate surface area is 105 Å². The molecule has 2 aromatic rings. The minimum Gasteiger partial charge on any atom is -0.481 e. The lowest BCUT2D eigenvalue weighted by molar-refractivity contribution is -0.146. The van der Waals surface area contributed by atoms with Gasteiger partial charge in [0, 0.05) is 18.6 Å². The molecule has 0 atom stereocenters. The summed E-state index contributed by atoms with van der Waals surface area (Å²) in [6.07, 6.45) is 1.97. The third-order valence-corrected chi connectivity index (χ3v) is 3.29. The van der Waals surface area contributed by atoms with E-state index in [4.69, 9.17) is 5.11 Å². The van der Waals surface area contributed by atoms with Crippen molar-refractivity contribution in [2.45, 2.75) is 20.3 Å². The van der Waals surface area contributed by atoms with E-state index in [1.807, 2.05) is 17.7 Å². The number of rotatable bonds is 3. The van der Waals surface area contributed by atoms with Crippen LogP contribution in [0, 0.1) is 11.2 Å². The highest BCUT2D eigenvalue weighted by molar-refractivity contribution is 5.82. The van der Waals surface area contributed by atoms with Crippen LogP contribution in [0.25, 0.3) is 10.9 Å². The van der Waals surface area contributed by atoms with Gasteiger partial charge in [0.1, 0.15) is 5.82 Å². The Morgan fingerprint density at radius 2 is 2.06 bits per heavy atom. The summed E-state index contributed by atoms with van der Waals surface area (Å²) in [5, 5.41) is 9.62. The number of carboxylic acid groups (broad SMARTS) is 1. The maximum atomic E-state index is 14.3. The summed E-state index contributed by atoms with van der Waals surface area (Å²) in [6.45, 7) is 3.20. The van der Waals surface area contributed by atoms with Crippen molar-refractivity contribution in [2.24, 2.45) is 12.5 Å². The van der Waals surface area contributed by atoms with Gasteiger partial charge in [0.2, 0.25) is 0 Å². The van der Waals surface area contributed by atoms with Crippen LogP contribution in [0.2, 0.25) is 0 Å². The normalized spacial score (nSPS) is 12.0. The minimum absolute atomic E-state index is 0.180. The van der Waals surface area contributed by atoms with Crippen molar-refractivity contribution in [3.05, 3.63) is 35.8 Å².